The Balaban J connectivity index is 2.22. The molecule has 2 atom stereocenters. The van der Waals surface area contributed by atoms with E-state index in [9.17, 15) is 9.90 Å². The first kappa shape index (κ1) is 13.4. The topological polar surface area (TPSA) is 70.6 Å². The molecule has 94 valence electrons. The molecule has 1 rings (SSSR count). The monoisotopic (exact) mass is 230 g/mol. The first-order chi connectivity index (χ1) is 7.44. The summed E-state index contributed by atoms with van der Waals surface area (Å²) >= 11 is 0. The maximum Gasteiger partial charge on any atom is 0.234 e. The third-order valence-electron chi connectivity index (χ3n) is 2.83. The fourth-order valence-corrected chi connectivity index (χ4v) is 1.77. The lowest BCUT2D eigenvalue weighted by molar-refractivity contribution is -0.121. The molecule has 16 heavy (non-hydrogen) atoms. The van der Waals surface area contributed by atoms with E-state index in [-0.39, 0.29) is 24.6 Å². The van der Waals surface area contributed by atoms with Gasteiger partial charge in [0.2, 0.25) is 5.91 Å². The van der Waals surface area contributed by atoms with E-state index in [1.165, 1.54) is 0 Å². The highest BCUT2D eigenvalue weighted by Gasteiger charge is 2.39. The van der Waals surface area contributed by atoms with E-state index in [0.717, 1.165) is 0 Å². The van der Waals surface area contributed by atoms with Gasteiger partial charge in [0.15, 0.2) is 0 Å². The number of nitrogens with one attached hydrogen (secondary N) is 2. The first-order valence-electron chi connectivity index (χ1n) is 5.78. The Bertz CT molecular complexity index is 245. The average Bonchev–Trinajstić information content (AvgIpc) is 2.46. The van der Waals surface area contributed by atoms with Crippen molar-refractivity contribution in [2.24, 2.45) is 0 Å². The molecule has 1 amide bonds. The van der Waals surface area contributed by atoms with Gasteiger partial charge < -0.3 is 20.5 Å². The van der Waals surface area contributed by atoms with Gasteiger partial charge in [0.05, 0.1) is 12.6 Å². The molecule has 1 saturated heterocycles. The lowest BCUT2D eigenvalue weighted by Crippen LogP contribution is -2.48. The summed E-state index contributed by atoms with van der Waals surface area (Å²) in [5, 5.41) is 15.9. The molecule has 2 unspecified atom stereocenters. The molecule has 0 spiro atoms. The van der Waals surface area contributed by atoms with Crippen molar-refractivity contribution in [3.05, 3.63) is 0 Å². The van der Waals surface area contributed by atoms with Gasteiger partial charge in [-0.25, -0.2) is 0 Å². The molecule has 1 heterocycles. The van der Waals surface area contributed by atoms with Crippen molar-refractivity contribution in [1.29, 1.82) is 0 Å². The zero-order valence-corrected chi connectivity index (χ0v) is 10.2. The van der Waals surface area contributed by atoms with Crippen molar-refractivity contribution in [2.75, 3.05) is 19.7 Å². The van der Waals surface area contributed by atoms with Crippen LogP contribution in [-0.2, 0) is 9.53 Å². The van der Waals surface area contributed by atoms with Gasteiger partial charge in [-0.05, 0) is 20.8 Å². The molecule has 5 nitrogen and oxygen atoms in total. The molecule has 1 fully saturated rings. The summed E-state index contributed by atoms with van der Waals surface area (Å²) in [6.07, 6.45) is 0.445. The molecule has 0 radical (unpaired) electrons. The molecule has 3 N–H and O–H groups in total. The van der Waals surface area contributed by atoms with E-state index in [0.29, 0.717) is 19.6 Å². The van der Waals surface area contributed by atoms with Gasteiger partial charge in [-0.15, -0.1) is 0 Å². The molecule has 0 aliphatic carbocycles. The van der Waals surface area contributed by atoms with E-state index >= 15 is 0 Å². The number of aliphatic hydroxyl groups is 1. The largest absolute Gasteiger partial charge is 0.386 e. The molecule has 0 aromatic rings. The fourth-order valence-electron chi connectivity index (χ4n) is 1.77. The maximum absolute atomic E-state index is 11.3. The second-order valence-electron chi connectivity index (χ2n) is 4.69. The van der Waals surface area contributed by atoms with Crippen LogP contribution in [0.4, 0.5) is 0 Å². The second kappa shape index (κ2) is 5.61. The van der Waals surface area contributed by atoms with Crippen LogP contribution >= 0.6 is 0 Å². The highest BCUT2D eigenvalue weighted by atomic mass is 16.5. The zero-order chi connectivity index (χ0) is 12.2. The van der Waals surface area contributed by atoms with Gasteiger partial charge in [-0.1, -0.05) is 0 Å². The molecule has 0 aromatic carbocycles. The van der Waals surface area contributed by atoms with Gasteiger partial charge in [0.25, 0.3) is 0 Å². The van der Waals surface area contributed by atoms with Gasteiger partial charge >= 0.3 is 0 Å². The zero-order valence-electron chi connectivity index (χ0n) is 10.2. The van der Waals surface area contributed by atoms with Crippen LogP contribution in [0.3, 0.4) is 0 Å². The normalized spacial score (nSPS) is 29.7. The van der Waals surface area contributed by atoms with E-state index in [2.05, 4.69) is 10.6 Å². The van der Waals surface area contributed by atoms with Gasteiger partial charge in [-0.2, -0.15) is 0 Å². The molecule has 1 aliphatic rings. The lowest BCUT2D eigenvalue weighted by atomic mass is 9.97. The molecule has 0 bridgehead atoms. The summed E-state index contributed by atoms with van der Waals surface area (Å²) in [7, 11) is 0. The number of carbonyl (C=O) groups is 1. The van der Waals surface area contributed by atoms with Crippen molar-refractivity contribution >= 4 is 5.91 Å². The van der Waals surface area contributed by atoms with Gasteiger partial charge in [0, 0.05) is 25.6 Å². The molecular weight excluding hydrogens is 208 g/mol. The number of hydrogen-bond donors (Lipinski definition) is 3. The van der Waals surface area contributed by atoms with Crippen LogP contribution in [0.25, 0.3) is 0 Å². The van der Waals surface area contributed by atoms with Crippen molar-refractivity contribution in [2.45, 2.75) is 44.9 Å². The van der Waals surface area contributed by atoms with E-state index in [1.807, 2.05) is 20.8 Å². The summed E-state index contributed by atoms with van der Waals surface area (Å²) in [6.45, 7) is 6.88. The van der Waals surface area contributed by atoms with Gasteiger partial charge in [0.1, 0.15) is 5.60 Å². The van der Waals surface area contributed by atoms with Crippen molar-refractivity contribution in [1.82, 2.24) is 10.6 Å². The molecular formula is C11H22N2O3. The Kier molecular flexibility index (Phi) is 4.70. The Morgan fingerprint density at radius 3 is 2.81 bits per heavy atom. The minimum Gasteiger partial charge on any atom is -0.386 e. The van der Waals surface area contributed by atoms with Crippen LogP contribution in [0, 0.1) is 0 Å². The minimum atomic E-state index is -0.835. The molecule has 1 aliphatic heterocycles. The maximum atomic E-state index is 11.3. The predicted molar refractivity (Wildman–Crippen MR) is 61.1 cm³/mol. The Hall–Kier alpha value is -0.650. The smallest absolute Gasteiger partial charge is 0.234 e. The van der Waals surface area contributed by atoms with Crippen molar-refractivity contribution < 1.29 is 14.6 Å². The van der Waals surface area contributed by atoms with Crippen LogP contribution in [-0.4, -0.2) is 48.5 Å². The fraction of sp³-hybridized carbons (Fsp3) is 0.909. The van der Waals surface area contributed by atoms with Crippen LogP contribution in [0.5, 0.6) is 0 Å². The van der Waals surface area contributed by atoms with Crippen LogP contribution in [0.15, 0.2) is 0 Å². The lowest BCUT2D eigenvalue weighted by Gasteiger charge is -2.26. The van der Waals surface area contributed by atoms with Crippen LogP contribution < -0.4 is 10.6 Å². The van der Waals surface area contributed by atoms with Gasteiger partial charge in [-0.3, -0.25) is 4.79 Å². The number of amides is 1. The average molecular weight is 230 g/mol. The van der Waals surface area contributed by atoms with Crippen LogP contribution in [0.2, 0.25) is 0 Å². The number of carbonyl (C=O) groups excluding carboxylic acids is 1. The third-order valence-corrected chi connectivity index (χ3v) is 2.83. The molecule has 5 heteroatoms. The highest BCUT2D eigenvalue weighted by Crippen LogP contribution is 2.24. The standard InChI is InChI=1S/C11H22N2O3/c1-8(2)13-10(14)6-12-7-11(15)4-5-16-9(11)3/h8-9,12,15H,4-7H2,1-3H3,(H,13,14). The summed E-state index contributed by atoms with van der Waals surface area (Å²) < 4.78 is 5.30. The molecule has 0 aromatic heterocycles. The number of rotatable bonds is 5. The third kappa shape index (κ3) is 3.73. The minimum absolute atomic E-state index is 0.0508. The Labute approximate surface area is 96.6 Å². The quantitative estimate of drug-likeness (QED) is 0.603. The predicted octanol–water partition coefficient (Wildman–Crippen LogP) is -0.359. The first-order valence-corrected chi connectivity index (χ1v) is 5.78. The Morgan fingerprint density at radius 1 is 1.62 bits per heavy atom. The highest BCUT2D eigenvalue weighted by molar-refractivity contribution is 5.78. The second-order valence-corrected chi connectivity index (χ2v) is 4.69. The van der Waals surface area contributed by atoms with E-state index in [1.54, 1.807) is 0 Å². The summed E-state index contributed by atoms with van der Waals surface area (Å²) in [4.78, 5) is 11.3. The molecule has 0 saturated carbocycles. The van der Waals surface area contributed by atoms with Crippen molar-refractivity contribution in [3.8, 4) is 0 Å². The Morgan fingerprint density at radius 2 is 2.31 bits per heavy atom. The van der Waals surface area contributed by atoms with E-state index < -0.39 is 5.60 Å². The SMILES string of the molecule is CC(C)NC(=O)CNCC1(O)CCOC1C. The summed E-state index contributed by atoms with van der Waals surface area (Å²) in [6, 6.07) is 0.145. The summed E-state index contributed by atoms with van der Waals surface area (Å²) in [5.41, 5.74) is -0.835. The van der Waals surface area contributed by atoms with E-state index in [4.69, 9.17) is 4.74 Å². The van der Waals surface area contributed by atoms with Crippen molar-refractivity contribution in [3.63, 3.8) is 0 Å². The number of hydrogen-bond acceptors (Lipinski definition) is 4. The summed E-state index contributed by atoms with van der Waals surface area (Å²) in [5.74, 6) is -0.0508. The van der Waals surface area contributed by atoms with Crippen LogP contribution in [0.1, 0.15) is 27.2 Å². The number of ether oxygens (including phenoxy) is 1.